The summed E-state index contributed by atoms with van der Waals surface area (Å²) in [5.74, 6) is 0.0324. The fraction of sp³-hybridized carbons (Fsp3) is 0.103. The summed E-state index contributed by atoms with van der Waals surface area (Å²) in [6.45, 7) is 2.24. The fourth-order valence-corrected chi connectivity index (χ4v) is 5.06. The van der Waals surface area contributed by atoms with Crippen molar-refractivity contribution >= 4 is 33.8 Å². The molecule has 6 heteroatoms. The van der Waals surface area contributed by atoms with Crippen LogP contribution in [0.1, 0.15) is 20.9 Å². The van der Waals surface area contributed by atoms with Gasteiger partial charge in [-0.2, -0.15) is 0 Å². The van der Waals surface area contributed by atoms with Gasteiger partial charge in [-0.3, -0.25) is 9.69 Å². The molecule has 0 aliphatic rings. The topological polar surface area (TPSA) is 42.4 Å². The van der Waals surface area contributed by atoms with Gasteiger partial charge in [-0.15, -0.1) is 11.3 Å². The van der Waals surface area contributed by atoms with Crippen molar-refractivity contribution in [3.8, 4) is 16.2 Å². The summed E-state index contributed by atoms with van der Waals surface area (Å²) in [5.41, 5.74) is 3.34. The first-order chi connectivity index (χ1) is 17.0. The van der Waals surface area contributed by atoms with Crippen LogP contribution in [-0.4, -0.2) is 18.0 Å². The van der Waals surface area contributed by atoms with Gasteiger partial charge in [0.25, 0.3) is 5.91 Å². The molecule has 5 aromatic rings. The number of carbonyl (C=O) groups excluding carboxylic acids is 1. The van der Waals surface area contributed by atoms with Gasteiger partial charge in [0.1, 0.15) is 17.3 Å². The summed E-state index contributed by atoms with van der Waals surface area (Å²) >= 11 is 1.57. The molecular weight excluding hydrogens is 459 g/mol. The maximum absolute atomic E-state index is 14.8. The maximum atomic E-state index is 14.8. The SMILES string of the molecule is COc1ccc(-c2ccc(CN(C(=O)c3ccc4ccccc4n3)c3ccccc3F)s2)cc1C. The minimum Gasteiger partial charge on any atom is -0.496 e. The number of methoxy groups -OCH3 is 1. The second-order valence-electron chi connectivity index (χ2n) is 8.18. The van der Waals surface area contributed by atoms with Crippen LogP contribution in [0.25, 0.3) is 21.3 Å². The first kappa shape index (κ1) is 22.7. The molecule has 0 atom stereocenters. The Hall–Kier alpha value is -4.03. The third kappa shape index (κ3) is 4.66. The van der Waals surface area contributed by atoms with E-state index in [4.69, 9.17) is 4.74 Å². The molecular formula is C29H23FN2O2S. The molecule has 174 valence electrons. The largest absolute Gasteiger partial charge is 0.496 e. The Morgan fingerprint density at radius 3 is 2.57 bits per heavy atom. The number of aryl methyl sites for hydroxylation is 1. The molecule has 0 aliphatic heterocycles. The van der Waals surface area contributed by atoms with Gasteiger partial charge in [-0.1, -0.05) is 36.4 Å². The zero-order valence-electron chi connectivity index (χ0n) is 19.4. The number of thiophene rings is 1. The van der Waals surface area contributed by atoms with E-state index in [-0.39, 0.29) is 23.8 Å². The van der Waals surface area contributed by atoms with Crippen molar-refractivity contribution in [2.75, 3.05) is 12.0 Å². The van der Waals surface area contributed by atoms with Crippen molar-refractivity contribution in [1.82, 2.24) is 4.98 Å². The van der Waals surface area contributed by atoms with Crippen LogP contribution < -0.4 is 9.64 Å². The number of amides is 1. The van der Waals surface area contributed by atoms with E-state index in [1.54, 1.807) is 42.7 Å². The molecule has 0 fully saturated rings. The lowest BCUT2D eigenvalue weighted by atomic mass is 10.1. The highest BCUT2D eigenvalue weighted by Crippen LogP contribution is 2.33. The van der Waals surface area contributed by atoms with Crippen molar-refractivity contribution in [3.63, 3.8) is 0 Å². The molecule has 2 aromatic heterocycles. The van der Waals surface area contributed by atoms with E-state index in [1.165, 1.54) is 11.0 Å². The van der Waals surface area contributed by atoms with Crippen LogP contribution in [0.2, 0.25) is 0 Å². The van der Waals surface area contributed by atoms with Crippen LogP contribution in [0.3, 0.4) is 0 Å². The van der Waals surface area contributed by atoms with E-state index >= 15 is 0 Å². The van der Waals surface area contributed by atoms with Crippen molar-refractivity contribution < 1.29 is 13.9 Å². The maximum Gasteiger partial charge on any atom is 0.277 e. The van der Waals surface area contributed by atoms with E-state index < -0.39 is 5.82 Å². The van der Waals surface area contributed by atoms with Gasteiger partial charge in [0.15, 0.2) is 0 Å². The number of carbonyl (C=O) groups is 1. The van der Waals surface area contributed by atoms with E-state index in [1.807, 2.05) is 61.5 Å². The second kappa shape index (κ2) is 9.68. The number of hydrogen-bond acceptors (Lipinski definition) is 4. The van der Waals surface area contributed by atoms with Gasteiger partial charge in [-0.05, 0) is 72.6 Å². The molecule has 2 heterocycles. The number of para-hydroxylation sites is 2. The highest BCUT2D eigenvalue weighted by molar-refractivity contribution is 7.15. The Labute approximate surface area is 207 Å². The highest BCUT2D eigenvalue weighted by Gasteiger charge is 2.23. The van der Waals surface area contributed by atoms with Crippen molar-refractivity contribution in [1.29, 1.82) is 0 Å². The molecule has 0 saturated heterocycles. The van der Waals surface area contributed by atoms with Gasteiger partial charge < -0.3 is 4.74 Å². The van der Waals surface area contributed by atoms with E-state index in [0.29, 0.717) is 0 Å². The van der Waals surface area contributed by atoms with Crippen molar-refractivity contribution in [2.24, 2.45) is 0 Å². The molecule has 0 bridgehead atoms. The average molecular weight is 483 g/mol. The molecule has 4 nitrogen and oxygen atoms in total. The smallest absolute Gasteiger partial charge is 0.277 e. The van der Waals surface area contributed by atoms with Crippen molar-refractivity contribution in [3.05, 3.63) is 113 Å². The van der Waals surface area contributed by atoms with Crippen LogP contribution in [0.5, 0.6) is 5.75 Å². The number of aromatic nitrogens is 1. The number of fused-ring (bicyclic) bond motifs is 1. The lowest BCUT2D eigenvalue weighted by molar-refractivity contribution is 0.0980. The monoisotopic (exact) mass is 482 g/mol. The number of pyridine rings is 1. The molecule has 1 amide bonds. The van der Waals surface area contributed by atoms with Gasteiger partial charge >= 0.3 is 0 Å². The van der Waals surface area contributed by atoms with Gasteiger partial charge in [0.2, 0.25) is 0 Å². The number of halogens is 1. The quantitative estimate of drug-likeness (QED) is 0.256. The summed E-state index contributed by atoms with van der Waals surface area (Å²) < 4.78 is 20.2. The van der Waals surface area contributed by atoms with Crippen LogP contribution in [0.4, 0.5) is 10.1 Å². The summed E-state index contributed by atoms with van der Waals surface area (Å²) in [5, 5.41) is 0.944. The Kier molecular flexibility index (Phi) is 6.29. The minimum atomic E-state index is -0.454. The first-order valence-electron chi connectivity index (χ1n) is 11.2. The van der Waals surface area contributed by atoms with Crippen LogP contribution >= 0.6 is 11.3 Å². The third-order valence-electron chi connectivity index (χ3n) is 5.86. The van der Waals surface area contributed by atoms with Gasteiger partial charge in [-0.25, -0.2) is 9.37 Å². The lowest BCUT2D eigenvalue weighted by Crippen LogP contribution is -2.31. The molecule has 5 rings (SSSR count). The molecule has 35 heavy (non-hydrogen) atoms. The molecule has 3 aromatic carbocycles. The predicted molar refractivity (Wildman–Crippen MR) is 140 cm³/mol. The number of rotatable bonds is 6. The minimum absolute atomic E-state index is 0.225. The molecule has 0 spiro atoms. The number of ether oxygens (including phenoxy) is 1. The van der Waals surface area contributed by atoms with Crippen LogP contribution in [0, 0.1) is 12.7 Å². The third-order valence-corrected chi connectivity index (χ3v) is 6.98. The standard InChI is InChI=1S/C29H23FN2O2S/c1-19-17-21(12-15-27(19)34-2)28-16-13-22(35-28)18-32(26-10-6-4-8-23(26)30)29(33)25-14-11-20-7-3-5-9-24(20)31-25/h3-17H,18H2,1-2H3. The fourth-order valence-electron chi connectivity index (χ4n) is 4.07. The molecule has 0 radical (unpaired) electrons. The average Bonchev–Trinajstić information content (AvgIpc) is 3.36. The van der Waals surface area contributed by atoms with Gasteiger partial charge in [0.05, 0.1) is 24.9 Å². The van der Waals surface area contributed by atoms with E-state index in [0.717, 1.165) is 37.5 Å². The molecule has 0 N–H and O–H groups in total. The number of anilines is 1. The zero-order chi connectivity index (χ0) is 24.4. The Morgan fingerprint density at radius 2 is 1.77 bits per heavy atom. The number of benzene rings is 3. The summed E-state index contributed by atoms with van der Waals surface area (Å²) in [6.07, 6.45) is 0. The number of hydrogen-bond donors (Lipinski definition) is 0. The molecule has 0 unspecified atom stereocenters. The zero-order valence-corrected chi connectivity index (χ0v) is 20.2. The summed E-state index contributed by atoms with van der Waals surface area (Å²) in [4.78, 5) is 21.6. The highest BCUT2D eigenvalue weighted by atomic mass is 32.1. The van der Waals surface area contributed by atoms with E-state index in [9.17, 15) is 9.18 Å². The summed E-state index contributed by atoms with van der Waals surface area (Å²) in [7, 11) is 1.66. The summed E-state index contributed by atoms with van der Waals surface area (Å²) in [6, 6.07) is 27.6. The second-order valence-corrected chi connectivity index (χ2v) is 9.35. The Morgan fingerprint density at radius 1 is 0.971 bits per heavy atom. The lowest BCUT2D eigenvalue weighted by Gasteiger charge is -2.22. The normalized spacial score (nSPS) is 10.9. The molecule has 0 aliphatic carbocycles. The Balaban J connectivity index is 1.49. The number of nitrogens with zero attached hydrogens (tertiary/aromatic N) is 2. The predicted octanol–water partition coefficient (Wildman–Crippen LogP) is 7.27. The van der Waals surface area contributed by atoms with E-state index in [2.05, 4.69) is 11.1 Å². The first-order valence-corrected chi connectivity index (χ1v) is 12.0. The van der Waals surface area contributed by atoms with Crippen LogP contribution in [-0.2, 0) is 6.54 Å². The Bertz CT molecular complexity index is 1530. The van der Waals surface area contributed by atoms with Crippen LogP contribution in [0.15, 0.2) is 91.0 Å². The molecule has 0 saturated carbocycles. The van der Waals surface area contributed by atoms with Gasteiger partial charge in [0, 0.05) is 15.1 Å². The van der Waals surface area contributed by atoms with Crippen molar-refractivity contribution in [2.45, 2.75) is 13.5 Å².